The average Bonchev–Trinajstić information content (AvgIpc) is 2.90. The first-order valence-electron chi connectivity index (χ1n) is 10.5. The minimum Gasteiger partial charge on any atom is -0.444 e. The Balaban J connectivity index is 1.75. The van der Waals surface area contributed by atoms with E-state index >= 15 is 0 Å². The van der Waals surface area contributed by atoms with E-state index in [1.165, 1.54) is 5.57 Å². The average molecular weight is 411 g/mol. The summed E-state index contributed by atoms with van der Waals surface area (Å²) in [5.41, 5.74) is 0.696. The Kier molecular flexibility index (Phi) is 5.22. The highest BCUT2D eigenvalue weighted by molar-refractivity contribution is 5.68. The SMILES string of the molecule is CC1=c2c(nc3n2CCCN(C(=O)OC(C)(C)C)C3)=C(Oc2ccccc2)NC1C. The second-order valence-electron chi connectivity index (χ2n) is 8.93. The van der Waals surface area contributed by atoms with Gasteiger partial charge in [-0.15, -0.1) is 0 Å². The molecule has 2 aliphatic heterocycles. The molecule has 2 aliphatic rings. The van der Waals surface area contributed by atoms with Crippen LogP contribution < -0.4 is 20.8 Å². The van der Waals surface area contributed by atoms with E-state index in [0.717, 1.165) is 35.2 Å². The Hall–Kier alpha value is -2.96. The van der Waals surface area contributed by atoms with Crippen LogP contribution in [-0.2, 0) is 17.8 Å². The zero-order valence-corrected chi connectivity index (χ0v) is 18.4. The van der Waals surface area contributed by atoms with Crippen molar-refractivity contribution in [2.75, 3.05) is 6.54 Å². The molecule has 0 saturated carbocycles. The highest BCUT2D eigenvalue weighted by Gasteiger charge is 2.28. The molecule has 7 nitrogen and oxygen atoms in total. The molecule has 0 bridgehead atoms. The monoisotopic (exact) mass is 410 g/mol. The van der Waals surface area contributed by atoms with E-state index in [1.54, 1.807) is 4.90 Å². The Labute approximate surface area is 177 Å². The quantitative estimate of drug-likeness (QED) is 0.823. The van der Waals surface area contributed by atoms with Gasteiger partial charge in [-0.2, -0.15) is 0 Å². The maximum atomic E-state index is 12.7. The molecule has 2 aromatic rings. The van der Waals surface area contributed by atoms with Crippen molar-refractivity contribution < 1.29 is 14.3 Å². The number of nitrogens with one attached hydrogen (secondary N) is 1. The predicted octanol–water partition coefficient (Wildman–Crippen LogP) is 2.33. The molecule has 30 heavy (non-hydrogen) atoms. The number of hydrogen-bond donors (Lipinski definition) is 1. The van der Waals surface area contributed by atoms with E-state index in [9.17, 15) is 4.79 Å². The van der Waals surface area contributed by atoms with Crippen molar-refractivity contribution in [2.45, 2.75) is 65.8 Å². The molecule has 1 amide bonds. The smallest absolute Gasteiger partial charge is 0.410 e. The van der Waals surface area contributed by atoms with Crippen molar-refractivity contribution >= 4 is 17.5 Å². The molecule has 0 radical (unpaired) electrons. The molecule has 1 aromatic carbocycles. The summed E-state index contributed by atoms with van der Waals surface area (Å²) in [6, 6.07) is 9.83. The predicted molar refractivity (Wildman–Crippen MR) is 115 cm³/mol. The standard InChI is InChI=1S/C23H30N4O3/c1-15-16(2)24-21(29-17-10-7-6-8-11-17)19-20(15)27-13-9-12-26(14-18(27)25-19)22(28)30-23(3,4)5/h6-8,10-11,16,24H,9,12-14H2,1-5H3. The van der Waals surface area contributed by atoms with Crippen LogP contribution in [-0.4, -0.2) is 38.7 Å². The third-order valence-electron chi connectivity index (χ3n) is 5.39. The van der Waals surface area contributed by atoms with Crippen LogP contribution in [0.1, 0.15) is 46.9 Å². The highest BCUT2D eigenvalue weighted by atomic mass is 16.6. The second-order valence-corrected chi connectivity index (χ2v) is 8.93. The van der Waals surface area contributed by atoms with Crippen LogP contribution in [0.3, 0.4) is 0 Å². The molecule has 7 heteroatoms. The number of nitrogens with zero attached hydrogens (tertiary/aromatic N) is 3. The Morgan fingerprint density at radius 1 is 1.20 bits per heavy atom. The lowest BCUT2D eigenvalue weighted by atomic mass is 10.1. The van der Waals surface area contributed by atoms with Gasteiger partial charge < -0.3 is 24.3 Å². The number of hydrogen-bond acceptors (Lipinski definition) is 5. The van der Waals surface area contributed by atoms with E-state index in [0.29, 0.717) is 19.0 Å². The number of carbonyl (C=O) groups excluding carboxylic acids is 1. The molecule has 3 heterocycles. The summed E-state index contributed by atoms with van der Waals surface area (Å²) in [6.45, 7) is 11.8. The third kappa shape index (κ3) is 4.01. The zero-order chi connectivity index (χ0) is 21.5. The third-order valence-corrected chi connectivity index (χ3v) is 5.39. The molecule has 4 rings (SSSR count). The van der Waals surface area contributed by atoms with Gasteiger partial charge in [0, 0.05) is 19.1 Å². The molecule has 0 spiro atoms. The number of amides is 1. The number of para-hydroxylation sites is 1. The fourth-order valence-electron chi connectivity index (χ4n) is 3.83. The molecule has 160 valence electrons. The van der Waals surface area contributed by atoms with Crippen molar-refractivity contribution in [1.29, 1.82) is 0 Å². The summed E-state index contributed by atoms with van der Waals surface area (Å²) < 4.78 is 14.0. The van der Waals surface area contributed by atoms with Crippen LogP contribution in [0.5, 0.6) is 5.75 Å². The van der Waals surface area contributed by atoms with E-state index in [4.69, 9.17) is 14.5 Å². The van der Waals surface area contributed by atoms with Crippen LogP contribution in [0.4, 0.5) is 4.79 Å². The fraction of sp³-hybridized carbons (Fsp3) is 0.478. The molecule has 1 unspecified atom stereocenters. The van der Waals surface area contributed by atoms with Gasteiger partial charge in [-0.05, 0) is 58.7 Å². The van der Waals surface area contributed by atoms with Crippen LogP contribution in [0.2, 0.25) is 0 Å². The summed E-state index contributed by atoms with van der Waals surface area (Å²) in [7, 11) is 0. The van der Waals surface area contributed by atoms with Gasteiger partial charge >= 0.3 is 6.09 Å². The first-order chi connectivity index (χ1) is 14.2. The van der Waals surface area contributed by atoms with E-state index in [2.05, 4.69) is 23.7 Å². The van der Waals surface area contributed by atoms with Crippen molar-refractivity contribution in [1.82, 2.24) is 19.8 Å². The first-order valence-corrected chi connectivity index (χ1v) is 10.5. The minimum atomic E-state index is -0.522. The van der Waals surface area contributed by atoms with Gasteiger partial charge in [-0.25, -0.2) is 9.78 Å². The van der Waals surface area contributed by atoms with E-state index in [-0.39, 0.29) is 12.1 Å². The number of benzene rings is 1. The zero-order valence-electron chi connectivity index (χ0n) is 18.4. The van der Waals surface area contributed by atoms with Gasteiger partial charge in [0.25, 0.3) is 0 Å². The molecular weight excluding hydrogens is 380 g/mol. The summed E-state index contributed by atoms with van der Waals surface area (Å²) in [5, 5.41) is 5.33. The van der Waals surface area contributed by atoms with E-state index in [1.807, 2.05) is 51.1 Å². The van der Waals surface area contributed by atoms with Crippen LogP contribution >= 0.6 is 0 Å². The number of carbonyl (C=O) groups is 1. The molecule has 1 N–H and O–H groups in total. The Morgan fingerprint density at radius 3 is 2.63 bits per heavy atom. The van der Waals surface area contributed by atoms with Gasteiger partial charge in [-0.3, -0.25) is 0 Å². The van der Waals surface area contributed by atoms with Crippen molar-refractivity contribution in [3.63, 3.8) is 0 Å². The van der Waals surface area contributed by atoms with Gasteiger partial charge in [0.15, 0.2) is 0 Å². The summed E-state index contributed by atoms with van der Waals surface area (Å²) in [4.78, 5) is 19.3. The highest BCUT2D eigenvalue weighted by Crippen LogP contribution is 2.17. The minimum absolute atomic E-state index is 0.127. The summed E-state index contributed by atoms with van der Waals surface area (Å²) >= 11 is 0. The molecule has 1 atom stereocenters. The van der Waals surface area contributed by atoms with Crippen molar-refractivity contribution in [3.05, 3.63) is 46.9 Å². The first kappa shape index (κ1) is 20.3. The van der Waals surface area contributed by atoms with Gasteiger partial charge in [-0.1, -0.05) is 18.2 Å². The Bertz CT molecular complexity index is 1070. The number of imidazole rings is 1. The molecule has 0 saturated heterocycles. The largest absolute Gasteiger partial charge is 0.444 e. The van der Waals surface area contributed by atoms with Gasteiger partial charge in [0.1, 0.15) is 22.5 Å². The van der Waals surface area contributed by atoms with E-state index < -0.39 is 5.60 Å². The van der Waals surface area contributed by atoms with Gasteiger partial charge in [0.05, 0.1) is 11.9 Å². The van der Waals surface area contributed by atoms with Crippen LogP contribution in [0, 0.1) is 0 Å². The second kappa shape index (κ2) is 7.70. The molecular formula is C23H30N4O3. The summed E-state index contributed by atoms with van der Waals surface area (Å²) in [6.07, 6.45) is 0.549. The molecule has 0 fully saturated rings. The molecule has 1 aromatic heterocycles. The van der Waals surface area contributed by atoms with Crippen LogP contribution in [0.15, 0.2) is 30.3 Å². The number of aromatic nitrogens is 2. The Morgan fingerprint density at radius 2 is 1.93 bits per heavy atom. The number of ether oxygens (including phenoxy) is 2. The molecule has 0 aliphatic carbocycles. The normalized spacial score (nSPS) is 18.8. The maximum absolute atomic E-state index is 12.7. The van der Waals surface area contributed by atoms with Crippen molar-refractivity contribution in [2.24, 2.45) is 0 Å². The number of fused-ring (bicyclic) bond motifs is 3. The van der Waals surface area contributed by atoms with Gasteiger partial charge in [0.2, 0.25) is 5.88 Å². The lowest BCUT2D eigenvalue weighted by Gasteiger charge is -2.25. The lowest BCUT2D eigenvalue weighted by Crippen LogP contribution is -2.48. The van der Waals surface area contributed by atoms with Crippen LogP contribution in [0.25, 0.3) is 11.5 Å². The fourth-order valence-corrected chi connectivity index (χ4v) is 3.83. The maximum Gasteiger partial charge on any atom is 0.410 e. The topological polar surface area (TPSA) is 68.6 Å². The lowest BCUT2D eigenvalue weighted by molar-refractivity contribution is 0.0234. The van der Waals surface area contributed by atoms with Crippen molar-refractivity contribution in [3.8, 4) is 5.75 Å². The summed E-state index contributed by atoms with van der Waals surface area (Å²) in [5.74, 6) is 2.27. The number of rotatable bonds is 2.